The van der Waals surface area contributed by atoms with Crippen LogP contribution in [0, 0.1) is 0 Å². The van der Waals surface area contributed by atoms with E-state index in [4.69, 9.17) is 4.74 Å². The van der Waals surface area contributed by atoms with Crippen LogP contribution in [0.2, 0.25) is 0 Å². The molecule has 3 rings (SSSR count). The highest BCUT2D eigenvalue weighted by molar-refractivity contribution is 6.03. The maximum atomic E-state index is 12.8. The van der Waals surface area contributed by atoms with Gasteiger partial charge in [0.1, 0.15) is 23.8 Å². The van der Waals surface area contributed by atoms with Crippen LogP contribution >= 0.6 is 0 Å². The van der Waals surface area contributed by atoms with Crippen LogP contribution < -0.4 is 4.74 Å². The van der Waals surface area contributed by atoms with E-state index in [0.717, 1.165) is 18.5 Å². The van der Waals surface area contributed by atoms with E-state index in [1.54, 1.807) is 7.05 Å². The third-order valence-corrected chi connectivity index (χ3v) is 3.77. The fourth-order valence-electron chi connectivity index (χ4n) is 2.62. The van der Waals surface area contributed by atoms with Gasteiger partial charge in [-0.15, -0.1) is 0 Å². The zero-order valence-electron chi connectivity index (χ0n) is 13.2. The maximum absolute atomic E-state index is 12.8. The van der Waals surface area contributed by atoms with Crippen LogP contribution in [0.15, 0.2) is 40.1 Å². The standard InChI is InChI=1S/C15H12F6N4O/c1-25-12(9-2-3-22-6-11(9)26-7-14(16,17)18)24-10-4-8(15(19,20)21)5-23-13(10)25/h2-6,10,13H,7H2,1H3. The molecule has 1 aromatic heterocycles. The van der Waals surface area contributed by atoms with E-state index in [2.05, 4.69) is 15.0 Å². The molecule has 1 aromatic rings. The number of allylic oxidation sites excluding steroid dienone is 1. The molecule has 2 unspecified atom stereocenters. The van der Waals surface area contributed by atoms with Gasteiger partial charge in [0.25, 0.3) is 0 Å². The van der Waals surface area contributed by atoms with E-state index in [-0.39, 0.29) is 17.1 Å². The van der Waals surface area contributed by atoms with Crippen LogP contribution in [0.4, 0.5) is 26.3 Å². The summed E-state index contributed by atoms with van der Waals surface area (Å²) in [5, 5.41) is 0. The highest BCUT2D eigenvalue weighted by Gasteiger charge is 2.41. The number of alkyl halides is 6. The second kappa shape index (κ2) is 6.29. The Morgan fingerprint density at radius 3 is 2.58 bits per heavy atom. The van der Waals surface area contributed by atoms with Crippen molar-refractivity contribution in [2.45, 2.75) is 24.6 Å². The number of hydrogen-bond donors (Lipinski definition) is 0. The summed E-state index contributed by atoms with van der Waals surface area (Å²) in [6.07, 6.45) is -5.71. The van der Waals surface area contributed by atoms with E-state index in [0.29, 0.717) is 0 Å². The van der Waals surface area contributed by atoms with Crippen molar-refractivity contribution in [1.82, 2.24) is 9.88 Å². The average molecular weight is 378 g/mol. The van der Waals surface area contributed by atoms with Gasteiger partial charge in [0.2, 0.25) is 0 Å². The molecule has 0 fully saturated rings. The predicted molar refractivity (Wildman–Crippen MR) is 80.3 cm³/mol. The Balaban J connectivity index is 1.91. The molecule has 3 heterocycles. The van der Waals surface area contributed by atoms with Crippen LogP contribution in [0.1, 0.15) is 5.56 Å². The van der Waals surface area contributed by atoms with Gasteiger partial charge in [0.15, 0.2) is 6.61 Å². The normalized spacial score (nSPS) is 22.8. The zero-order valence-corrected chi connectivity index (χ0v) is 13.2. The monoisotopic (exact) mass is 378 g/mol. The molecule has 11 heteroatoms. The highest BCUT2D eigenvalue weighted by Crippen LogP contribution is 2.33. The lowest BCUT2D eigenvalue weighted by atomic mass is 10.1. The van der Waals surface area contributed by atoms with Crippen molar-refractivity contribution in [3.05, 3.63) is 35.7 Å². The van der Waals surface area contributed by atoms with Gasteiger partial charge < -0.3 is 9.64 Å². The lowest BCUT2D eigenvalue weighted by Gasteiger charge is -2.25. The van der Waals surface area contributed by atoms with E-state index in [1.165, 1.54) is 17.2 Å². The number of hydrogen-bond acceptors (Lipinski definition) is 5. The Kier molecular flexibility index (Phi) is 4.41. The first kappa shape index (κ1) is 18.2. The van der Waals surface area contributed by atoms with Gasteiger partial charge >= 0.3 is 12.4 Å². The van der Waals surface area contributed by atoms with Gasteiger partial charge in [-0.25, -0.2) is 0 Å². The molecule has 140 valence electrons. The Bertz CT molecular complexity index is 783. The van der Waals surface area contributed by atoms with Crippen LogP contribution in [-0.2, 0) is 0 Å². The van der Waals surface area contributed by atoms with Gasteiger partial charge in [-0.1, -0.05) is 0 Å². The SMILES string of the molecule is CN1C(c2ccncc2OCC(F)(F)F)=NC2C=C(C(F)(F)F)C=NC21. The van der Waals surface area contributed by atoms with Crippen LogP contribution in [0.3, 0.4) is 0 Å². The molecule has 2 aliphatic heterocycles. The second-order valence-corrected chi connectivity index (χ2v) is 5.64. The summed E-state index contributed by atoms with van der Waals surface area (Å²) in [6.45, 7) is -1.52. The van der Waals surface area contributed by atoms with Crippen LogP contribution in [0.25, 0.3) is 0 Å². The van der Waals surface area contributed by atoms with Crippen molar-refractivity contribution in [2.75, 3.05) is 13.7 Å². The summed E-state index contributed by atoms with van der Waals surface area (Å²) in [4.78, 5) is 13.3. The van der Waals surface area contributed by atoms with Gasteiger partial charge in [-0.3, -0.25) is 15.0 Å². The number of aromatic nitrogens is 1. The average Bonchev–Trinajstić information content (AvgIpc) is 2.88. The number of pyridine rings is 1. The lowest BCUT2D eigenvalue weighted by Crippen LogP contribution is -2.37. The molecule has 0 N–H and O–H groups in total. The van der Waals surface area contributed by atoms with E-state index < -0.39 is 36.7 Å². The third kappa shape index (κ3) is 3.65. The van der Waals surface area contributed by atoms with Crippen molar-refractivity contribution in [3.8, 4) is 5.75 Å². The predicted octanol–water partition coefficient (Wildman–Crippen LogP) is 2.98. The first-order valence-corrected chi connectivity index (χ1v) is 7.33. The molecule has 0 aromatic carbocycles. The fraction of sp³-hybridized carbons (Fsp3) is 0.400. The molecule has 2 aliphatic rings. The van der Waals surface area contributed by atoms with E-state index >= 15 is 0 Å². The number of halogens is 6. The first-order chi connectivity index (χ1) is 12.1. The molecule has 0 amide bonds. The topological polar surface area (TPSA) is 50.1 Å². The van der Waals surface area contributed by atoms with Crippen molar-refractivity contribution >= 4 is 12.1 Å². The zero-order chi connectivity index (χ0) is 19.1. The number of ether oxygens (including phenoxy) is 1. The molecule has 5 nitrogen and oxygen atoms in total. The summed E-state index contributed by atoms with van der Waals surface area (Å²) >= 11 is 0. The number of likely N-dealkylation sites (N-methyl/N-ethyl adjacent to an activating group) is 1. The summed E-state index contributed by atoms with van der Waals surface area (Å²) in [5.41, 5.74) is -0.723. The molecule has 0 bridgehead atoms. The molecular formula is C15H12F6N4O. The molecule has 0 saturated heterocycles. The minimum Gasteiger partial charge on any atom is -0.482 e. The number of amidine groups is 1. The highest BCUT2D eigenvalue weighted by atomic mass is 19.4. The molecule has 0 aliphatic carbocycles. The first-order valence-electron chi connectivity index (χ1n) is 7.33. The summed E-state index contributed by atoms with van der Waals surface area (Å²) in [7, 11) is 1.54. The Labute approximate surface area is 143 Å². The van der Waals surface area contributed by atoms with Gasteiger partial charge in [-0.05, 0) is 12.1 Å². The second-order valence-electron chi connectivity index (χ2n) is 5.64. The smallest absolute Gasteiger partial charge is 0.422 e. The molecule has 0 saturated carbocycles. The fourth-order valence-corrected chi connectivity index (χ4v) is 2.62. The largest absolute Gasteiger partial charge is 0.482 e. The number of dihydropyridines is 1. The van der Waals surface area contributed by atoms with Crippen molar-refractivity contribution in [2.24, 2.45) is 9.98 Å². The number of nitrogens with zero attached hydrogens (tertiary/aromatic N) is 4. The molecule has 0 radical (unpaired) electrons. The Morgan fingerprint density at radius 2 is 1.92 bits per heavy atom. The summed E-state index contributed by atoms with van der Waals surface area (Å²) < 4.78 is 80.5. The van der Waals surface area contributed by atoms with E-state index in [9.17, 15) is 26.3 Å². The van der Waals surface area contributed by atoms with Gasteiger partial charge in [-0.2, -0.15) is 26.3 Å². The summed E-state index contributed by atoms with van der Waals surface area (Å²) in [5.74, 6) is 0.00877. The maximum Gasteiger partial charge on any atom is 0.422 e. The Morgan fingerprint density at radius 1 is 1.19 bits per heavy atom. The molecular weight excluding hydrogens is 366 g/mol. The minimum atomic E-state index is -4.55. The van der Waals surface area contributed by atoms with E-state index in [1.807, 2.05) is 0 Å². The van der Waals surface area contributed by atoms with Crippen LogP contribution in [-0.4, -0.2) is 60.1 Å². The molecule has 26 heavy (non-hydrogen) atoms. The number of rotatable bonds is 3. The van der Waals surface area contributed by atoms with Crippen molar-refractivity contribution in [1.29, 1.82) is 0 Å². The quantitative estimate of drug-likeness (QED) is 0.760. The van der Waals surface area contributed by atoms with Crippen molar-refractivity contribution < 1.29 is 31.1 Å². The lowest BCUT2D eigenvalue weighted by molar-refractivity contribution is -0.153. The number of fused-ring (bicyclic) bond motifs is 1. The van der Waals surface area contributed by atoms with Gasteiger partial charge in [0.05, 0.1) is 17.3 Å². The van der Waals surface area contributed by atoms with Gasteiger partial charge in [0, 0.05) is 19.5 Å². The molecule has 0 spiro atoms. The van der Waals surface area contributed by atoms with Crippen LogP contribution in [0.5, 0.6) is 5.75 Å². The minimum absolute atomic E-state index is 0.168. The third-order valence-electron chi connectivity index (χ3n) is 3.77. The summed E-state index contributed by atoms with van der Waals surface area (Å²) in [6, 6.07) is 0.483. The number of aliphatic imine (C=N–C) groups is 2. The molecule has 2 atom stereocenters. The Hall–Kier alpha value is -2.59. The van der Waals surface area contributed by atoms with Crippen molar-refractivity contribution in [3.63, 3.8) is 0 Å².